The van der Waals surface area contributed by atoms with Crippen molar-refractivity contribution < 1.29 is 24.5 Å². The van der Waals surface area contributed by atoms with Gasteiger partial charge in [0.1, 0.15) is 6.04 Å². The van der Waals surface area contributed by atoms with E-state index in [0.29, 0.717) is 13.0 Å². The summed E-state index contributed by atoms with van der Waals surface area (Å²) in [5.41, 5.74) is 0. The zero-order chi connectivity index (χ0) is 13.7. The molecule has 1 heterocycles. The fourth-order valence-corrected chi connectivity index (χ4v) is 1.93. The second-order valence-corrected chi connectivity index (χ2v) is 4.53. The Kier molecular flexibility index (Phi) is 5.36. The quantitative estimate of drug-likeness (QED) is 0.627. The summed E-state index contributed by atoms with van der Waals surface area (Å²) in [6.45, 7) is 2.39. The number of carboxylic acid groups (broad SMARTS) is 1. The van der Waals surface area contributed by atoms with E-state index in [2.05, 4.69) is 5.32 Å². The van der Waals surface area contributed by atoms with E-state index in [1.807, 2.05) is 6.92 Å². The third-order valence-electron chi connectivity index (χ3n) is 2.95. The number of ether oxygens (including phenoxy) is 1. The predicted molar refractivity (Wildman–Crippen MR) is 63.2 cm³/mol. The van der Waals surface area contributed by atoms with E-state index in [9.17, 15) is 14.7 Å². The Labute approximate surface area is 106 Å². The summed E-state index contributed by atoms with van der Waals surface area (Å²) in [6, 6.07) is -1.51. The summed E-state index contributed by atoms with van der Waals surface area (Å²) < 4.78 is 4.90. The number of hydrogen-bond donors (Lipinski definition) is 3. The normalized spacial score (nSPS) is 24.9. The minimum atomic E-state index is -1.09. The summed E-state index contributed by atoms with van der Waals surface area (Å²) in [7, 11) is 1.58. The molecule has 1 aliphatic heterocycles. The summed E-state index contributed by atoms with van der Waals surface area (Å²) in [5.74, 6) is -1.09. The molecule has 0 saturated carbocycles. The lowest BCUT2D eigenvalue weighted by Gasteiger charge is -2.24. The number of β-amino-alcohol motifs (C(OH)–C–C–N with tert-alkyl or cyclic N) is 1. The number of aliphatic hydroxyl groups excluding tert-OH is 1. The number of likely N-dealkylation sites (tertiary alicyclic amines) is 1. The molecule has 0 spiro atoms. The van der Waals surface area contributed by atoms with Gasteiger partial charge in [0.15, 0.2) is 0 Å². The minimum absolute atomic E-state index is 0.0554. The third-order valence-corrected chi connectivity index (χ3v) is 2.95. The van der Waals surface area contributed by atoms with Gasteiger partial charge >= 0.3 is 12.0 Å². The summed E-state index contributed by atoms with van der Waals surface area (Å²) in [6.07, 6.45) is -0.0443. The first kappa shape index (κ1) is 14.7. The van der Waals surface area contributed by atoms with Crippen molar-refractivity contribution >= 4 is 12.0 Å². The highest BCUT2D eigenvalue weighted by Gasteiger charge is 2.39. The van der Waals surface area contributed by atoms with Crippen LogP contribution in [-0.2, 0) is 9.53 Å². The molecular weight excluding hydrogens is 240 g/mol. The average Bonchev–Trinajstić information content (AvgIpc) is 2.69. The minimum Gasteiger partial charge on any atom is -0.480 e. The first-order valence-corrected chi connectivity index (χ1v) is 5.92. The first-order valence-electron chi connectivity index (χ1n) is 5.92. The van der Waals surface area contributed by atoms with Gasteiger partial charge in [0, 0.05) is 32.7 Å². The Morgan fingerprint density at radius 2 is 2.22 bits per heavy atom. The van der Waals surface area contributed by atoms with Gasteiger partial charge in [0.2, 0.25) is 0 Å². The molecule has 2 amide bonds. The van der Waals surface area contributed by atoms with E-state index < -0.39 is 24.1 Å². The second-order valence-electron chi connectivity index (χ2n) is 4.53. The van der Waals surface area contributed by atoms with Gasteiger partial charge < -0.3 is 25.2 Å². The highest BCUT2D eigenvalue weighted by atomic mass is 16.5. The molecule has 0 aromatic heterocycles. The van der Waals surface area contributed by atoms with Crippen LogP contribution in [0.2, 0.25) is 0 Å². The molecule has 0 aromatic carbocycles. The molecule has 18 heavy (non-hydrogen) atoms. The number of aliphatic carboxylic acids is 1. The maximum absolute atomic E-state index is 11.9. The third kappa shape index (κ3) is 3.85. The molecule has 7 heteroatoms. The molecule has 0 aromatic rings. The largest absolute Gasteiger partial charge is 0.480 e. The lowest BCUT2D eigenvalue weighted by Crippen LogP contribution is -2.48. The van der Waals surface area contributed by atoms with Gasteiger partial charge in [-0.1, -0.05) is 0 Å². The Morgan fingerprint density at radius 1 is 1.56 bits per heavy atom. The van der Waals surface area contributed by atoms with Crippen LogP contribution in [0.4, 0.5) is 4.79 Å². The van der Waals surface area contributed by atoms with Gasteiger partial charge in [0.05, 0.1) is 6.10 Å². The molecule has 0 aliphatic carbocycles. The molecule has 1 fully saturated rings. The van der Waals surface area contributed by atoms with Crippen molar-refractivity contribution in [2.75, 3.05) is 20.3 Å². The average molecular weight is 260 g/mol. The molecule has 1 rings (SSSR count). The van der Waals surface area contributed by atoms with E-state index in [4.69, 9.17) is 9.84 Å². The molecule has 7 nitrogen and oxygen atoms in total. The molecule has 0 bridgehead atoms. The van der Waals surface area contributed by atoms with Gasteiger partial charge in [-0.25, -0.2) is 9.59 Å². The van der Waals surface area contributed by atoms with Crippen LogP contribution in [-0.4, -0.2) is 65.6 Å². The van der Waals surface area contributed by atoms with Crippen LogP contribution < -0.4 is 5.32 Å². The van der Waals surface area contributed by atoms with Crippen LogP contribution in [0.25, 0.3) is 0 Å². The van der Waals surface area contributed by atoms with Crippen molar-refractivity contribution in [2.45, 2.75) is 38.0 Å². The van der Waals surface area contributed by atoms with Crippen molar-refractivity contribution in [3.8, 4) is 0 Å². The zero-order valence-electron chi connectivity index (χ0n) is 10.6. The highest BCUT2D eigenvalue weighted by molar-refractivity contribution is 5.83. The monoisotopic (exact) mass is 260 g/mol. The summed E-state index contributed by atoms with van der Waals surface area (Å²) in [5, 5.41) is 21.1. The van der Waals surface area contributed by atoms with E-state index in [1.165, 1.54) is 0 Å². The van der Waals surface area contributed by atoms with E-state index in [-0.39, 0.29) is 19.0 Å². The van der Waals surface area contributed by atoms with Crippen molar-refractivity contribution in [2.24, 2.45) is 0 Å². The highest BCUT2D eigenvalue weighted by Crippen LogP contribution is 2.18. The number of nitrogens with one attached hydrogen (secondary N) is 1. The lowest BCUT2D eigenvalue weighted by atomic mass is 10.2. The van der Waals surface area contributed by atoms with Gasteiger partial charge in [-0.3, -0.25) is 0 Å². The van der Waals surface area contributed by atoms with E-state index in [1.54, 1.807) is 7.11 Å². The fraction of sp³-hybridized carbons (Fsp3) is 0.818. The lowest BCUT2D eigenvalue weighted by molar-refractivity contribution is -0.141. The number of hydrogen-bond acceptors (Lipinski definition) is 4. The zero-order valence-corrected chi connectivity index (χ0v) is 10.6. The smallest absolute Gasteiger partial charge is 0.326 e. The maximum Gasteiger partial charge on any atom is 0.326 e. The number of carbonyl (C=O) groups excluding carboxylic acids is 1. The van der Waals surface area contributed by atoms with Crippen LogP contribution >= 0.6 is 0 Å². The van der Waals surface area contributed by atoms with Crippen LogP contribution in [0.15, 0.2) is 0 Å². The van der Waals surface area contributed by atoms with E-state index in [0.717, 1.165) is 4.90 Å². The van der Waals surface area contributed by atoms with Crippen molar-refractivity contribution in [1.82, 2.24) is 10.2 Å². The number of nitrogens with zero attached hydrogens (tertiary/aromatic N) is 1. The van der Waals surface area contributed by atoms with E-state index >= 15 is 0 Å². The van der Waals surface area contributed by atoms with Crippen LogP contribution in [0.3, 0.4) is 0 Å². The molecule has 3 atom stereocenters. The standard InChI is InChI=1S/C11H20N2O5/c1-7(3-4-18-2)12-11(17)13-6-8(14)5-9(13)10(15)16/h7-9,14H,3-6H2,1-2H3,(H,12,17)(H,15,16)/t7?,8?,9-/m0/s1. The summed E-state index contributed by atoms with van der Waals surface area (Å²) in [4.78, 5) is 24.0. The Hall–Kier alpha value is -1.34. The molecule has 1 aliphatic rings. The second kappa shape index (κ2) is 6.55. The number of methoxy groups -OCH3 is 1. The topological polar surface area (TPSA) is 99.1 Å². The van der Waals surface area contributed by atoms with Crippen molar-refractivity contribution in [1.29, 1.82) is 0 Å². The SMILES string of the molecule is COCCC(C)NC(=O)N1CC(O)C[C@H]1C(=O)O. The molecule has 2 unspecified atom stereocenters. The number of carbonyl (C=O) groups is 2. The number of amides is 2. The summed E-state index contributed by atoms with van der Waals surface area (Å²) >= 11 is 0. The van der Waals surface area contributed by atoms with Gasteiger partial charge in [-0.15, -0.1) is 0 Å². The Bertz CT molecular complexity index is 310. The van der Waals surface area contributed by atoms with Gasteiger partial charge in [-0.2, -0.15) is 0 Å². The predicted octanol–water partition coefficient (Wildman–Crippen LogP) is -0.359. The fourth-order valence-electron chi connectivity index (χ4n) is 1.93. The van der Waals surface area contributed by atoms with Crippen LogP contribution in [0, 0.1) is 0 Å². The van der Waals surface area contributed by atoms with Crippen molar-refractivity contribution in [3.05, 3.63) is 0 Å². The Morgan fingerprint density at radius 3 is 2.78 bits per heavy atom. The molecule has 0 radical (unpaired) electrons. The van der Waals surface area contributed by atoms with Crippen LogP contribution in [0.5, 0.6) is 0 Å². The van der Waals surface area contributed by atoms with Crippen LogP contribution in [0.1, 0.15) is 19.8 Å². The molecular formula is C11H20N2O5. The number of rotatable bonds is 5. The molecule has 3 N–H and O–H groups in total. The number of urea groups is 1. The first-order chi connectivity index (χ1) is 8.45. The molecule has 1 saturated heterocycles. The van der Waals surface area contributed by atoms with Gasteiger partial charge in [0.25, 0.3) is 0 Å². The van der Waals surface area contributed by atoms with Crippen molar-refractivity contribution in [3.63, 3.8) is 0 Å². The Balaban J connectivity index is 2.52. The van der Waals surface area contributed by atoms with Gasteiger partial charge in [-0.05, 0) is 13.3 Å². The number of aliphatic hydroxyl groups is 1. The maximum atomic E-state index is 11.9. The molecule has 104 valence electrons. The number of carboxylic acids is 1.